The lowest BCUT2D eigenvalue weighted by Gasteiger charge is -2.63. The van der Waals surface area contributed by atoms with Gasteiger partial charge in [-0.3, -0.25) is 0 Å². The quantitative estimate of drug-likeness (QED) is 0.177. The van der Waals surface area contributed by atoms with Crippen molar-refractivity contribution < 1.29 is 4.74 Å². The van der Waals surface area contributed by atoms with E-state index >= 15 is 0 Å². The minimum absolute atomic E-state index is 0.0305. The summed E-state index contributed by atoms with van der Waals surface area (Å²) in [5.74, 6) is 5.15. The summed E-state index contributed by atoms with van der Waals surface area (Å²) in [6, 6.07) is 49.2. The first-order valence-electron chi connectivity index (χ1n) is 22.6. The van der Waals surface area contributed by atoms with Crippen molar-refractivity contribution in [1.82, 2.24) is 0 Å². The SMILES string of the molecule is CC1(C)CCC(C)(C)c2cc(-c3ccccc3N(c3ccc4c(c3)C(C)(C)c3ccccc3-4)c3ccc4c(c3)C3(c5ccccc5O4)C4CC5CC(C4)CC3C5)ccc21. The smallest absolute Gasteiger partial charge is 0.131 e. The second-order valence-corrected chi connectivity index (χ2v) is 21.2. The van der Waals surface area contributed by atoms with Crippen molar-refractivity contribution in [3.63, 3.8) is 0 Å². The maximum absolute atomic E-state index is 6.94. The van der Waals surface area contributed by atoms with Crippen LogP contribution in [0.15, 0.2) is 127 Å². The highest BCUT2D eigenvalue weighted by Crippen LogP contribution is 2.69. The van der Waals surface area contributed by atoms with Gasteiger partial charge >= 0.3 is 0 Å². The molecule has 0 aromatic heterocycles. The molecule has 0 unspecified atom stereocenters. The fraction of sp³-hybridized carbons (Fsp3) is 0.368. The topological polar surface area (TPSA) is 12.5 Å². The number of benzene rings is 6. The molecular formula is C57H57NO. The lowest BCUT2D eigenvalue weighted by atomic mass is 9.42. The molecule has 0 saturated heterocycles. The van der Waals surface area contributed by atoms with Gasteiger partial charge in [0.15, 0.2) is 0 Å². The van der Waals surface area contributed by atoms with Gasteiger partial charge in [-0.05, 0) is 161 Å². The molecule has 1 spiro atoms. The third-order valence-corrected chi connectivity index (χ3v) is 16.8. The molecule has 0 atom stereocenters. The van der Waals surface area contributed by atoms with Crippen LogP contribution in [0.2, 0.25) is 0 Å². The van der Waals surface area contributed by atoms with Crippen LogP contribution in [-0.2, 0) is 21.7 Å². The number of para-hydroxylation sites is 2. The van der Waals surface area contributed by atoms with E-state index in [1.54, 1.807) is 0 Å². The molecule has 1 heterocycles. The number of ether oxygens (including phenoxy) is 1. The van der Waals surface area contributed by atoms with Crippen molar-refractivity contribution >= 4 is 17.1 Å². The van der Waals surface area contributed by atoms with E-state index in [-0.39, 0.29) is 21.7 Å². The van der Waals surface area contributed by atoms with Gasteiger partial charge in [-0.1, -0.05) is 126 Å². The van der Waals surface area contributed by atoms with Gasteiger partial charge < -0.3 is 9.64 Å². The summed E-state index contributed by atoms with van der Waals surface area (Å²) in [7, 11) is 0. The number of hydrogen-bond acceptors (Lipinski definition) is 2. The van der Waals surface area contributed by atoms with Crippen molar-refractivity contribution in [3.8, 4) is 33.8 Å². The first-order valence-corrected chi connectivity index (χ1v) is 22.6. The van der Waals surface area contributed by atoms with E-state index in [9.17, 15) is 0 Å². The number of fused-ring (bicyclic) bond motifs is 6. The summed E-state index contributed by atoms with van der Waals surface area (Å²) in [6.07, 6.45) is 9.20. The maximum Gasteiger partial charge on any atom is 0.131 e. The van der Waals surface area contributed by atoms with Gasteiger partial charge in [0, 0.05) is 38.9 Å². The Morgan fingerprint density at radius 3 is 1.78 bits per heavy atom. The lowest BCUT2D eigenvalue weighted by Crippen LogP contribution is -2.57. The zero-order valence-corrected chi connectivity index (χ0v) is 35.7. The first kappa shape index (κ1) is 35.8. The lowest BCUT2D eigenvalue weighted by molar-refractivity contribution is -0.0452. The number of rotatable bonds is 4. The van der Waals surface area contributed by atoms with E-state index in [2.05, 4.69) is 174 Å². The molecule has 6 aromatic rings. The monoisotopic (exact) mass is 771 g/mol. The molecule has 2 nitrogen and oxygen atoms in total. The number of hydrogen-bond donors (Lipinski definition) is 0. The van der Waals surface area contributed by atoms with Gasteiger partial charge in [-0.15, -0.1) is 0 Å². The molecule has 296 valence electrons. The van der Waals surface area contributed by atoms with Gasteiger partial charge in [0.05, 0.1) is 5.69 Å². The average Bonchev–Trinajstić information content (AvgIpc) is 3.46. The minimum Gasteiger partial charge on any atom is -0.457 e. The van der Waals surface area contributed by atoms with E-state index in [4.69, 9.17) is 4.74 Å². The van der Waals surface area contributed by atoms with Crippen molar-refractivity contribution in [2.24, 2.45) is 23.7 Å². The molecule has 0 N–H and O–H groups in total. The van der Waals surface area contributed by atoms with Crippen molar-refractivity contribution in [2.45, 2.75) is 108 Å². The highest BCUT2D eigenvalue weighted by molar-refractivity contribution is 5.91. The number of nitrogens with zero attached hydrogens (tertiary/aromatic N) is 1. The molecule has 4 fully saturated rings. The van der Waals surface area contributed by atoms with Gasteiger partial charge in [0.2, 0.25) is 0 Å². The van der Waals surface area contributed by atoms with Crippen LogP contribution < -0.4 is 9.64 Å². The summed E-state index contributed by atoms with van der Waals surface area (Å²) in [6.45, 7) is 14.6. The van der Waals surface area contributed by atoms with Crippen LogP contribution in [0.4, 0.5) is 17.1 Å². The van der Waals surface area contributed by atoms with Gasteiger partial charge in [0.1, 0.15) is 11.5 Å². The summed E-state index contributed by atoms with van der Waals surface area (Å²) in [4.78, 5) is 2.59. The summed E-state index contributed by atoms with van der Waals surface area (Å²) in [5, 5.41) is 0. The van der Waals surface area contributed by atoms with Crippen molar-refractivity contribution in [2.75, 3.05) is 4.90 Å². The fourth-order valence-electron chi connectivity index (χ4n) is 14.0. The Hall–Kier alpha value is -5.08. The Morgan fingerprint density at radius 1 is 0.458 bits per heavy atom. The molecule has 4 saturated carbocycles. The second-order valence-electron chi connectivity index (χ2n) is 21.2. The van der Waals surface area contributed by atoms with E-state index in [0.29, 0.717) is 11.8 Å². The first-order chi connectivity index (χ1) is 28.4. The Kier molecular flexibility index (Phi) is 7.44. The molecule has 7 aliphatic rings. The van der Waals surface area contributed by atoms with Crippen LogP contribution >= 0.6 is 0 Å². The molecule has 6 aliphatic carbocycles. The summed E-state index contributed by atoms with van der Waals surface area (Å²) < 4.78 is 6.94. The van der Waals surface area contributed by atoms with Crippen LogP contribution in [0.5, 0.6) is 11.5 Å². The third-order valence-electron chi connectivity index (χ3n) is 16.8. The zero-order chi connectivity index (χ0) is 40.1. The Balaban J connectivity index is 1.08. The Bertz CT molecular complexity index is 2680. The molecule has 59 heavy (non-hydrogen) atoms. The van der Waals surface area contributed by atoms with Gasteiger partial charge in [-0.25, -0.2) is 0 Å². The van der Waals surface area contributed by atoms with Crippen LogP contribution in [0.25, 0.3) is 22.3 Å². The molecule has 13 rings (SSSR count). The number of anilines is 3. The van der Waals surface area contributed by atoms with Crippen LogP contribution in [0.3, 0.4) is 0 Å². The molecular weight excluding hydrogens is 715 g/mol. The molecule has 0 amide bonds. The zero-order valence-electron chi connectivity index (χ0n) is 35.7. The predicted octanol–water partition coefficient (Wildman–Crippen LogP) is 15.3. The Labute approximate surface area is 351 Å². The normalized spacial score (nSPS) is 26.6. The summed E-state index contributed by atoms with van der Waals surface area (Å²) in [5.41, 5.74) is 17.7. The largest absolute Gasteiger partial charge is 0.457 e. The third kappa shape index (κ3) is 4.98. The summed E-state index contributed by atoms with van der Waals surface area (Å²) >= 11 is 0. The van der Waals surface area contributed by atoms with Crippen LogP contribution in [0, 0.1) is 23.7 Å². The van der Waals surface area contributed by atoms with E-state index in [0.717, 1.165) is 23.3 Å². The van der Waals surface area contributed by atoms with E-state index in [1.165, 1.54) is 118 Å². The highest BCUT2D eigenvalue weighted by Gasteiger charge is 2.61. The van der Waals surface area contributed by atoms with Crippen molar-refractivity contribution in [3.05, 3.63) is 161 Å². The maximum atomic E-state index is 6.94. The molecule has 0 radical (unpaired) electrons. The molecule has 2 heteroatoms. The average molecular weight is 772 g/mol. The highest BCUT2D eigenvalue weighted by atomic mass is 16.5. The molecule has 1 aliphatic heterocycles. The molecule has 4 bridgehead atoms. The minimum atomic E-state index is -0.109. The standard InChI is InChI=1S/C57H57NO/c1-54(2)25-26-55(3,4)49-32-37(19-23-46(49)54)42-13-8-11-17-51(42)58(40-20-22-44-43-14-7-9-15-45(43)56(5,6)48(44)33-40)41-21-24-53-50(34-41)57(47-16-10-12-18-52(47)59-53)38-28-35-27-36(30-38)31-39(57)29-35/h7-24,32-36,38-39H,25-31H2,1-6H3. The van der Waals surface area contributed by atoms with E-state index < -0.39 is 0 Å². The second kappa shape index (κ2) is 12.2. The van der Waals surface area contributed by atoms with Gasteiger partial charge in [-0.2, -0.15) is 0 Å². The van der Waals surface area contributed by atoms with Crippen LogP contribution in [-0.4, -0.2) is 0 Å². The fourth-order valence-corrected chi connectivity index (χ4v) is 14.0. The molecule has 6 aromatic carbocycles. The Morgan fingerprint density at radius 2 is 1.03 bits per heavy atom. The van der Waals surface area contributed by atoms with Gasteiger partial charge in [0.25, 0.3) is 0 Å². The van der Waals surface area contributed by atoms with Crippen molar-refractivity contribution in [1.29, 1.82) is 0 Å². The predicted molar refractivity (Wildman–Crippen MR) is 244 cm³/mol. The van der Waals surface area contributed by atoms with Crippen LogP contribution in [0.1, 0.15) is 120 Å². The van der Waals surface area contributed by atoms with E-state index in [1.807, 2.05) is 0 Å².